The third-order valence-electron chi connectivity index (χ3n) is 8.91. The van der Waals surface area contributed by atoms with E-state index in [1.807, 2.05) is 12.4 Å². The molecule has 4 aromatic rings. The van der Waals surface area contributed by atoms with Gasteiger partial charge in [0.05, 0.1) is 23.5 Å². The first-order valence-corrected chi connectivity index (χ1v) is 15.2. The number of aromatic nitrogens is 2. The molecule has 1 fully saturated rings. The van der Waals surface area contributed by atoms with E-state index in [4.69, 9.17) is 9.97 Å². The number of benzene rings is 2. The van der Waals surface area contributed by atoms with Gasteiger partial charge in [-0.1, -0.05) is 73.5 Å². The van der Waals surface area contributed by atoms with E-state index in [0.717, 1.165) is 24.2 Å². The fraction of sp³-hybridized carbons (Fsp3) is 0.389. The molecule has 0 saturated heterocycles. The number of nitrogens with zero attached hydrogens (tertiary/aromatic N) is 6. The Labute approximate surface area is 252 Å². The van der Waals surface area contributed by atoms with Crippen molar-refractivity contribution >= 4 is 11.4 Å². The standard InChI is InChI=1S/C36H46N6/c1-39(2)29-21-23-37-31(25-29)35(27-15-9-7-10-16-27)41(5)33-19-13-14-20-34(33)42(6)36(28-17-11-8-12-18-28)32-26-30(40(3)4)22-24-38-32/h7-12,15-18,21-26,33-36H,13-14,19-20H2,1-6H3/t33-,34-,35-,36-/m1/s1. The van der Waals surface area contributed by atoms with Gasteiger partial charge in [0.1, 0.15) is 0 Å². The Kier molecular flexibility index (Phi) is 9.55. The van der Waals surface area contributed by atoms with Crippen LogP contribution in [0.15, 0.2) is 97.3 Å². The van der Waals surface area contributed by atoms with Crippen molar-refractivity contribution in [3.63, 3.8) is 0 Å². The summed E-state index contributed by atoms with van der Waals surface area (Å²) in [5.74, 6) is 0. The van der Waals surface area contributed by atoms with Crippen LogP contribution in [-0.2, 0) is 0 Å². The molecule has 5 rings (SSSR count). The minimum absolute atomic E-state index is 0.0514. The molecule has 2 aromatic carbocycles. The molecule has 1 aliphatic rings. The van der Waals surface area contributed by atoms with E-state index in [1.54, 1.807) is 0 Å². The van der Waals surface area contributed by atoms with Crippen LogP contribution >= 0.6 is 0 Å². The molecular formula is C36H46N6. The smallest absolute Gasteiger partial charge is 0.0777 e. The monoisotopic (exact) mass is 562 g/mol. The van der Waals surface area contributed by atoms with Gasteiger partial charge in [-0.05, 0) is 62.3 Å². The lowest BCUT2D eigenvalue weighted by Crippen LogP contribution is -2.53. The zero-order valence-corrected chi connectivity index (χ0v) is 26.1. The molecule has 0 amide bonds. The van der Waals surface area contributed by atoms with E-state index in [0.29, 0.717) is 12.1 Å². The van der Waals surface area contributed by atoms with Crippen LogP contribution < -0.4 is 9.80 Å². The summed E-state index contributed by atoms with van der Waals surface area (Å²) in [5, 5.41) is 0. The average Bonchev–Trinajstić information content (AvgIpc) is 3.02. The molecular weight excluding hydrogens is 516 g/mol. The predicted molar refractivity (Wildman–Crippen MR) is 175 cm³/mol. The van der Waals surface area contributed by atoms with Crippen molar-refractivity contribution in [1.82, 2.24) is 19.8 Å². The second-order valence-electron chi connectivity index (χ2n) is 12.0. The molecule has 6 nitrogen and oxygen atoms in total. The first-order valence-electron chi connectivity index (χ1n) is 15.2. The average molecular weight is 563 g/mol. The Morgan fingerprint density at radius 2 is 0.929 bits per heavy atom. The quantitative estimate of drug-likeness (QED) is 0.215. The Hall–Kier alpha value is -3.74. The molecule has 6 heteroatoms. The maximum Gasteiger partial charge on any atom is 0.0777 e. The SMILES string of the molecule is CN(C)c1ccnc([C@@H](c2ccccc2)N(C)[C@@H]2CCCC[C@H]2N(C)[C@H](c2ccccc2)c2cc(N(C)C)ccn2)c1. The van der Waals surface area contributed by atoms with Gasteiger partial charge in [0.2, 0.25) is 0 Å². The Balaban J connectivity index is 1.55. The number of likely N-dealkylation sites (N-methyl/N-ethyl adjacent to an activating group) is 2. The summed E-state index contributed by atoms with van der Waals surface area (Å²) in [6.45, 7) is 0. The molecule has 0 spiro atoms. The lowest BCUT2D eigenvalue weighted by molar-refractivity contribution is 0.0450. The maximum atomic E-state index is 4.94. The molecule has 0 aliphatic heterocycles. The van der Waals surface area contributed by atoms with Crippen molar-refractivity contribution < 1.29 is 0 Å². The highest BCUT2D eigenvalue weighted by Gasteiger charge is 2.38. The highest BCUT2D eigenvalue weighted by molar-refractivity contribution is 5.48. The normalized spacial score (nSPS) is 18.6. The van der Waals surface area contributed by atoms with Crippen molar-refractivity contribution in [2.24, 2.45) is 0 Å². The van der Waals surface area contributed by atoms with Crippen molar-refractivity contribution in [2.75, 3.05) is 52.1 Å². The molecule has 4 atom stereocenters. The molecule has 0 unspecified atom stereocenters. The van der Waals surface area contributed by atoms with Gasteiger partial charge in [0.15, 0.2) is 0 Å². The summed E-state index contributed by atoms with van der Waals surface area (Å²) in [6.07, 6.45) is 8.66. The second-order valence-corrected chi connectivity index (χ2v) is 12.0. The minimum Gasteiger partial charge on any atom is -0.378 e. The van der Waals surface area contributed by atoms with Gasteiger partial charge in [0.25, 0.3) is 0 Å². The van der Waals surface area contributed by atoms with E-state index in [2.05, 4.69) is 147 Å². The zero-order valence-electron chi connectivity index (χ0n) is 26.1. The largest absolute Gasteiger partial charge is 0.378 e. The first-order chi connectivity index (χ1) is 20.3. The van der Waals surface area contributed by atoms with Crippen LogP contribution in [0.4, 0.5) is 11.4 Å². The lowest BCUT2D eigenvalue weighted by atomic mass is 9.85. The van der Waals surface area contributed by atoms with Gasteiger partial charge in [-0.2, -0.15) is 0 Å². The number of rotatable bonds is 10. The molecule has 1 saturated carbocycles. The fourth-order valence-electron chi connectivity index (χ4n) is 6.65. The molecule has 220 valence electrons. The third kappa shape index (κ3) is 6.50. The summed E-state index contributed by atoms with van der Waals surface area (Å²) < 4.78 is 0. The van der Waals surface area contributed by atoms with Gasteiger partial charge in [-0.15, -0.1) is 0 Å². The van der Waals surface area contributed by atoms with Crippen LogP contribution in [0, 0.1) is 0 Å². The molecule has 1 aliphatic carbocycles. The third-order valence-corrected chi connectivity index (χ3v) is 8.91. The minimum atomic E-state index is 0.0514. The van der Waals surface area contributed by atoms with Crippen molar-refractivity contribution in [1.29, 1.82) is 0 Å². The highest BCUT2D eigenvalue weighted by Crippen LogP contribution is 2.39. The lowest BCUT2D eigenvalue weighted by Gasteiger charge is -2.47. The molecule has 0 bridgehead atoms. The van der Waals surface area contributed by atoms with Gasteiger partial charge in [-0.3, -0.25) is 19.8 Å². The van der Waals surface area contributed by atoms with Crippen LogP contribution in [0.3, 0.4) is 0 Å². The number of hydrogen-bond donors (Lipinski definition) is 0. The maximum absolute atomic E-state index is 4.94. The molecule has 2 aromatic heterocycles. The van der Waals surface area contributed by atoms with Crippen LogP contribution in [0.1, 0.15) is 60.3 Å². The second kappa shape index (κ2) is 13.5. The van der Waals surface area contributed by atoms with Crippen molar-refractivity contribution in [3.05, 3.63) is 120 Å². The van der Waals surface area contributed by atoms with Gasteiger partial charge < -0.3 is 9.80 Å². The van der Waals surface area contributed by atoms with Gasteiger partial charge >= 0.3 is 0 Å². The number of hydrogen-bond acceptors (Lipinski definition) is 6. The summed E-state index contributed by atoms with van der Waals surface area (Å²) >= 11 is 0. The summed E-state index contributed by atoms with van der Waals surface area (Å²) in [5.41, 5.74) is 7.06. The van der Waals surface area contributed by atoms with E-state index >= 15 is 0 Å². The van der Waals surface area contributed by atoms with Crippen LogP contribution in [0.5, 0.6) is 0 Å². The van der Waals surface area contributed by atoms with Gasteiger partial charge in [-0.25, -0.2) is 0 Å². The van der Waals surface area contributed by atoms with Crippen LogP contribution in [0.2, 0.25) is 0 Å². The summed E-state index contributed by atoms with van der Waals surface area (Å²) in [7, 11) is 13.0. The van der Waals surface area contributed by atoms with Gasteiger partial charge in [0, 0.05) is 64.0 Å². The van der Waals surface area contributed by atoms with E-state index in [1.165, 1.54) is 35.3 Å². The van der Waals surface area contributed by atoms with E-state index < -0.39 is 0 Å². The van der Waals surface area contributed by atoms with Crippen molar-refractivity contribution in [3.8, 4) is 0 Å². The Morgan fingerprint density at radius 3 is 1.29 bits per heavy atom. The predicted octanol–water partition coefficient (Wildman–Crippen LogP) is 6.66. The summed E-state index contributed by atoms with van der Waals surface area (Å²) in [6, 6.07) is 31.2. The highest BCUT2D eigenvalue weighted by atomic mass is 15.3. The Morgan fingerprint density at radius 1 is 0.548 bits per heavy atom. The van der Waals surface area contributed by atoms with Crippen LogP contribution in [0.25, 0.3) is 0 Å². The fourth-order valence-corrected chi connectivity index (χ4v) is 6.65. The molecule has 0 N–H and O–H groups in total. The van der Waals surface area contributed by atoms with Crippen molar-refractivity contribution in [2.45, 2.75) is 49.9 Å². The molecule has 42 heavy (non-hydrogen) atoms. The first kappa shape index (κ1) is 29.7. The number of pyridine rings is 2. The van der Waals surface area contributed by atoms with E-state index in [9.17, 15) is 0 Å². The van der Waals surface area contributed by atoms with Crippen LogP contribution in [-0.4, -0.2) is 74.1 Å². The van der Waals surface area contributed by atoms with E-state index in [-0.39, 0.29) is 12.1 Å². The summed E-state index contributed by atoms with van der Waals surface area (Å²) in [4.78, 5) is 19.4. The molecule has 2 heterocycles. The zero-order chi connectivity index (χ0) is 29.6. The topological polar surface area (TPSA) is 38.7 Å². The molecule has 0 radical (unpaired) electrons. The Bertz CT molecular complexity index is 1300. The number of anilines is 2.